The van der Waals surface area contributed by atoms with Gasteiger partial charge in [-0.25, -0.2) is 0 Å². The van der Waals surface area contributed by atoms with Gasteiger partial charge in [0.2, 0.25) is 0 Å². The molecule has 0 aliphatic rings. The molecule has 0 aliphatic heterocycles. The first-order valence-electron chi connectivity index (χ1n) is 6.33. The molecule has 1 aromatic heterocycles. The van der Waals surface area contributed by atoms with E-state index in [2.05, 4.69) is 0 Å². The van der Waals surface area contributed by atoms with E-state index in [1.54, 1.807) is 24.3 Å². The molecule has 3 rings (SSSR count). The van der Waals surface area contributed by atoms with E-state index in [1.807, 2.05) is 29.1 Å². The maximum Gasteiger partial charge on any atom is 0.171 e. The van der Waals surface area contributed by atoms with Crippen LogP contribution in [0.4, 0.5) is 0 Å². The first-order valence-corrected chi connectivity index (χ1v) is 7.47. The van der Waals surface area contributed by atoms with Crippen LogP contribution in [0.1, 0.15) is 0 Å². The Morgan fingerprint density at radius 1 is 0.864 bits per heavy atom. The van der Waals surface area contributed by atoms with Gasteiger partial charge < -0.3 is 14.4 Å². The fraction of sp³-hybridized carbons (Fsp3) is 0. The third-order valence-electron chi connectivity index (χ3n) is 3.02. The highest BCUT2D eigenvalue weighted by molar-refractivity contribution is 6.35. The monoisotopic (exact) mass is 353 g/mol. The minimum absolute atomic E-state index is 0.0769. The summed E-state index contributed by atoms with van der Waals surface area (Å²) in [7, 11) is 0. The van der Waals surface area contributed by atoms with Crippen LogP contribution in [-0.2, 0) is 0 Å². The SMILES string of the molecule is Oc1cc(Cl)c(-n2cccc2)cc1Oc1ccc(Cl)cc1Cl. The lowest BCUT2D eigenvalue weighted by molar-refractivity contribution is 0.411. The van der Waals surface area contributed by atoms with Crippen LogP contribution in [-0.4, -0.2) is 9.67 Å². The molecule has 0 saturated heterocycles. The summed E-state index contributed by atoms with van der Waals surface area (Å²) < 4.78 is 7.49. The number of phenolic OH excluding ortho intramolecular Hbond substituents is 1. The van der Waals surface area contributed by atoms with Crippen LogP contribution in [0, 0.1) is 0 Å². The number of benzene rings is 2. The average Bonchev–Trinajstić information content (AvgIpc) is 2.98. The summed E-state index contributed by atoms with van der Waals surface area (Å²) in [5.74, 6) is 0.561. The fourth-order valence-electron chi connectivity index (χ4n) is 1.98. The number of hydrogen-bond acceptors (Lipinski definition) is 2. The number of nitrogens with zero attached hydrogens (tertiary/aromatic N) is 1. The summed E-state index contributed by atoms with van der Waals surface area (Å²) in [4.78, 5) is 0. The molecular weight excluding hydrogens is 345 g/mol. The second kappa shape index (κ2) is 6.13. The zero-order valence-electron chi connectivity index (χ0n) is 11.1. The predicted molar refractivity (Wildman–Crippen MR) is 89.0 cm³/mol. The molecule has 0 radical (unpaired) electrons. The number of rotatable bonds is 3. The van der Waals surface area contributed by atoms with Gasteiger partial charge in [-0.15, -0.1) is 0 Å². The van der Waals surface area contributed by atoms with Crippen LogP contribution in [0.15, 0.2) is 54.9 Å². The van der Waals surface area contributed by atoms with E-state index >= 15 is 0 Å². The van der Waals surface area contributed by atoms with Crippen LogP contribution in [0.2, 0.25) is 15.1 Å². The molecule has 6 heteroatoms. The number of phenols is 1. The predicted octanol–water partition coefficient (Wildman–Crippen LogP) is 5.94. The molecule has 0 bridgehead atoms. The minimum atomic E-state index is -0.0769. The summed E-state index contributed by atoms with van der Waals surface area (Å²) in [5.41, 5.74) is 0.685. The third kappa shape index (κ3) is 3.02. The number of ether oxygens (including phenoxy) is 1. The van der Waals surface area contributed by atoms with Crippen molar-refractivity contribution in [2.75, 3.05) is 0 Å². The largest absolute Gasteiger partial charge is 0.504 e. The van der Waals surface area contributed by atoms with Crippen molar-refractivity contribution in [2.45, 2.75) is 0 Å². The van der Waals surface area contributed by atoms with Gasteiger partial charge in [0.15, 0.2) is 11.5 Å². The fourth-order valence-corrected chi connectivity index (χ4v) is 2.69. The van der Waals surface area contributed by atoms with Crippen molar-refractivity contribution >= 4 is 34.8 Å². The van der Waals surface area contributed by atoms with Crippen molar-refractivity contribution in [3.05, 3.63) is 69.9 Å². The smallest absolute Gasteiger partial charge is 0.171 e. The van der Waals surface area contributed by atoms with Gasteiger partial charge in [-0.05, 0) is 30.3 Å². The van der Waals surface area contributed by atoms with Gasteiger partial charge >= 0.3 is 0 Å². The molecule has 112 valence electrons. The Bertz CT molecular complexity index is 817. The molecule has 0 aliphatic carbocycles. The highest BCUT2D eigenvalue weighted by Crippen LogP contribution is 2.39. The molecule has 3 nitrogen and oxygen atoms in total. The summed E-state index contributed by atoms with van der Waals surface area (Å²) in [6.07, 6.45) is 3.69. The Morgan fingerprint density at radius 3 is 2.27 bits per heavy atom. The van der Waals surface area contributed by atoms with Crippen LogP contribution in [0.5, 0.6) is 17.2 Å². The maximum absolute atomic E-state index is 10.0. The zero-order chi connectivity index (χ0) is 15.7. The zero-order valence-corrected chi connectivity index (χ0v) is 13.4. The van der Waals surface area contributed by atoms with E-state index in [0.717, 1.165) is 0 Å². The Hall–Kier alpha value is -1.81. The highest BCUT2D eigenvalue weighted by atomic mass is 35.5. The molecule has 0 atom stereocenters. The molecule has 0 fully saturated rings. The first kappa shape index (κ1) is 15.1. The van der Waals surface area contributed by atoms with E-state index in [0.29, 0.717) is 26.5 Å². The third-order valence-corrected chi connectivity index (χ3v) is 3.86. The van der Waals surface area contributed by atoms with Crippen LogP contribution >= 0.6 is 34.8 Å². The molecule has 0 unspecified atom stereocenters. The van der Waals surface area contributed by atoms with Gasteiger partial charge in [0.1, 0.15) is 5.75 Å². The second-order valence-electron chi connectivity index (χ2n) is 4.54. The molecule has 1 heterocycles. The molecule has 0 saturated carbocycles. The Balaban J connectivity index is 2.02. The normalized spacial score (nSPS) is 10.7. The van der Waals surface area contributed by atoms with Crippen molar-refractivity contribution in [3.63, 3.8) is 0 Å². The standard InChI is InChI=1S/C16H10Cl3NO2/c17-10-3-4-15(12(19)7-10)22-16-9-13(11(18)8-14(16)21)20-5-1-2-6-20/h1-9,21H. The van der Waals surface area contributed by atoms with Crippen molar-refractivity contribution in [1.82, 2.24) is 4.57 Å². The molecule has 22 heavy (non-hydrogen) atoms. The lowest BCUT2D eigenvalue weighted by Crippen LogP contribution is -1.93. The summed E-state index contributed by atoms with van der Waals surface area (Å²) in [6.45, 7) is 0. The van der Waals surface area contributed by atoms with Gasteiger partial charge in [0.05, 0.1) is 15.7 Å². The molecule has 2 aromatic carbocycles. The first-order chi connectivity index (χ1) is 10.5. The molecule has 3 aromatic rings. The Kier molecular flexibility index (Phi) is 4.21. The highest BCUT2D eigenvalue weighted by Gasteiger charge is 2.13. The Morgan fingerprint density at radius 2 is 1.59 bits per heavy atom. The van der Waals surface area contributed by atoms with Crippen molar-refractivity contribution < 1.29 is 9.84 Å². The molecule has 0 spiro atoms. The van der Waals surface area contributed by atoms with Gasteiger partial charge in [0.25, 0.3) is 0 Å². The lowest BCUT2D eigenvalue weighted by Gasteiger charge is -2.13. The van der Waals surface area contributed by atoms with E-state index in [4.69, 9.17) is 39.5 Å². The van der Waals surface area contributed by atoms with Gasteiger partial charge in [-0.2, -0.15) is 0 Å². The van der Waals surface area contributed by atoms with E-state index in [-0.39, 0.29) is 11.5 Å². The van der Waals surface area contributed by atoms with Gasteiger partial charge in [-0.3, -0.25) is 0 Å². The maximum atomic E-state index is 10.0. The molecule has 1 N–H and O–H groups in total. The quantitative estimate of drug-likeness (QED) is 0.632. The summed E-state index contributed by atoms with van der Waals surface area (Å²) in [6, 6.07) is 11.7. The van der Waals surface area contributed by atoms with E-state index < -0.39 is 0 Å². The van der Waals surface area contributed by atoms with Crippen LogP contribution < -0.4 is 4.74 Å². The van der Waals surface area contributed by atoms with Crippen LogP contribution in [0.3, 0.4) is 0 Å². The van der Waals surface area contributed by atoms with Gasteiger partial charge in [0, 0.05) is 29.5 Å². The van der Waals surface area contributed by atoms with Crippen LogP contribution in [0.25, 0.3) is 5.69 Å². The number of halogens is 3. The van der Waals surface area contributed by atoms with Crippen molar-refractivity contribution in [3.8, 4) is 22.9 Å². The topological polar surface area (TPSA) is 34.4 Å². The van der Waals surface area contributed by atoms with E-state index in [1.165, 1.54) is 6.07 Å². The van der Waals surface area contributed by atoms with Crippen molar-refractivity contribution in [2.24, 2.45) is 0 Å². The Labute approximate surface area is 142 Å². The van der Waals surface area contributed by atoms with Gasteiger partial charge in [-0.1, -0.05) is 34.8 Å². The minimum Gasteiger partial charge on any atom is -0.504 e. The molecular formula is C16H10Cl3NO2. The van der Waals surface area contributed by atoms with Crippen molar-refractivity contribution in [1.29, 1.82) is 0 Å². The molecule has 0 amide bonds. The number of hydrogen-bond donors (Lipinski definition) is 1. The summed E-state index contributed by atoms with van der Waals surface area (Å²) >= 11 is 18.1. The summed E-state index contributed by atoms with van der Waals surface area (Å²) in [5, 5.41) is 11.3. The van der Waals surface area contributed by atoms with E-state index in [9.17, 15) is 5.11 Å². The second-order valence-corrected chi connectivity index (χ2v) is 5.79. The average molecular weight is 355 g/mol. The number of aromatic nitrogens is 1. The lowest BCUT2D eigenvalue weighted by atomic mass is 10.2. The number of aromatic hydroxyl groups is 1.